The number of benzene rings is 5. The van der Waals surface area contributed by atoms with Crippen molar-refractivity contribution in [1.82, 2.24) is 0 Å². The molecule has 18 rings (SSSR count). The maximum Gasteiger partial charge on any atom is 0.305 e. The lowest BCUT2D eigenvalue weighted by atomic mass is 9.65. The van der Waals surface area contributed by atoms with Gasteiger partial charge in [-0.1, -0.05) is 74.1 Å². The maximum atomic E-state index is 13.2. The molecule has 9 unspecified atom stereocenters. The minimum atomic E-state index is -0.00899. The van der Waals surface area contributed by atoms with Crippen LogP contribution in [0.15, 0.2) is 60.7 Å². The normalized spacial score (nSPS) is 34.9. The van der Waals surface area contributed by atoms with Gasteiger partial charge in [0.1, 0.15) is 0 Å². The van der Waals surface area contributed by atoms with Crippen molar-refractivity contribution >= 4 is 66.2 Å². The Morgan fingerprint density at radius 2 is 1.20 bits per heavy atom. The molecule has 2 nitrogen and oxygen atoms in total. The standard InChI is InChI=1S/C54H38O2/c1-2-3-12-56-30(55)10-7-11-53(28-8-5-4-6-9-28)52-29-19-26-17-23-15-24-14-21-13-22-16-25-18-27-20-54(52,53)51-37(27)42-36(25)41-32(22)31(21)39-35(24)40-33(23)34(26)43-38(29)50(51)49-47(42)45(41)44(39)46(40)48(43)49/h4-6,8-9,14-16,18-19,24-25,29,35-36,38,52H,2-3,7,10-13,17,20H2,1H3. The predicted octanol–water partition coefficient (Wildman–Crippen LogP) is 11.9. The van der Waals surface area contributed by atoms with E-state index in [-0.39, 0.29) is 16.8 Å². The quantitative estimate of drug-likeness (QED) is 0.0907. The third kappa shape index (κ3) is 2.28. The molecule has 0 saturated heterocycles. The topological polar surface area (TPSA) is 26.3 Å². The number of rotatable bonds is 8. The first-order chi connectivity index (χ1) is 27.7. The first kappa shape index (κ1) is 27.6. The van der Waals surface area contributed by atoms with Crippen molar-refractivity contribution < 1.29 is 9.53 Å². The van der Waals surface area contributed by atoms with Gasteiger partial charge in [-0.25, -0.2) is 0 Å². The van der Waals surface area contributed by atoms with Crippen LogP contribution in [0.1, 0.15) is 148 Å². The lowest BCUT2D eigenvalue weighted by Gasteiger charge is -2.38. The van der Waals surface area contributed by atoms with Crippen molar-refractivity contribution in [2.24, 2.45) is 23.7 Å². The third-order valence-corrected chi connectivity index (χ3v) is 18.9. The van der Waals surface area contributed by atoms with Crippen LogP contribution >= 0.6 is 0 Å². The molecule has 56 heavy (non-hydrogen) atoms. The van der Waals surface area contributed by atoms with Crippen LogP contribution in [0.4, 0.5) is 0 Å². The van der Waals surface area contributed by atoms with E-state index in [1.54, 1.807) is 127 Å². The van der Waals surface area contributed by atoms with Crippen LogP contribution in [-0.2, 0) is 20.4 Å². The largest absolute Gasteiger partial charge is 0.466 e. The lowest BCUT2D eigenvalue weighted by Crippen LogP contribution is -2.28. The number of carbonyl (C=O) groups excluding carboxylic acids is 1. The molecule has 0 N–H and O–H groups in total. The van der Waals surface area contributed by atoms with Crippen LogP contribution in [0.5, 0.6) is 0 Å². The molecule has 0 heterocycles. The summed E-state index contributed by atoms with van der Waals surface area (Å²) < 4.78 is 5.78. The highest BCUT2D eigenvalue weighted by Gasteiger charge is 2.84. The Morgan fingerprint density at radius 1 is 0.643 bits per heavy atom. The molecule has 13 aliphatic rings. The van der Waals surface area contributed by atoms with Crippen LogP contribution in [0.25, 0.3) is 60.2 Å². The molecule has 1 spiro atoms. The summed E-state index contributed by atoms with van der Waals surface area (Å²) in [4.78, 5) is 13.2. The summed E-state index contributed by atoms with van der Waals surface area (Å²) in [5, 5.41) is 10.3. The zero-order valence-corrected chi connectivity index (χ0v) is 31.5. The highest BCUT2D eigenvalue weighted by atomic mass is 16.5. The van der Waals surface area contributed by atoms with Crippen molar-refractivity contribution in [2.45, 2.75) is 86.9 Å². The Balaban J connectivity index is 1.01. The van der Waals surface area contributed by atoms with E-state index in [2.05, 4.69) is 67.6 Å². The number of esters is 1. The first-order valence-corrected chi connectivity index (χ1v) is 22.1. The molecule has 0 aromatic heterocycles. The van der Waals surface area contributed by atoms with Crippen molar-refractivity contribution in [3.05, 3.63) is 133 Å². The summed E-state index contributed by atoms with van der Waals surface area (Å²) >= 11 is 0. The SMILES string of the molecule is CCCCOC(=O)CCCC1(c2ccccc2)C2C3C=C4CC5=CC6C=C7CC8=CC9C=C%10CC21c1c%10c2c%10c%11c(c8c7c7c%11c8c(c5c4c4c8c%10c1C43)C76)C29. The number of allylic oxidation sites excluding steroid dienone is 10. The summed E-state index contributed by atoms with van der Waals surface area (Å²) in [6.07, 6.45) is 21.8. The third-order valence-electron chi connectivity index (χ3n) is 18.9. The Kier molecular flexibility index (Phi) is 3.92. The maximum absolute atomic E-state index is 13.2. The molecule has 0 radical (unpaired) electrons. The van der Waals surface area contributed by atoms with Gasteiger partial charge in [-0.05, 0) is 183 Å². The van der Waals surface area contributed by atoms with Crippen molar-refractivity contribution in [1.29, 1.82) is 0 Å². The van der Waals surface area contributed by atoms with Gasteiger partial charge < -0.3 is 4.74 Å². The van der Waals surface area contributed by atoms with E-state index in [9.17, 15) is 4.79 Å². The summed E-state index contributed by atoms with van der Waals surface area (Å²) in [5.74, 6) is 3.30. The molecular formula is C54H38O2. The fourth-order valence-electron chi connectivity index (χ4n) is 18.0. The minimum Gasteiger partial charge on any atom is -0.466 e. The van der Waals surface area contributed by atoms with Gasteiger partial charge in [-0.3, -0.25) is 4.79 Å². The van der Waals surface area contributed by atoms with E-state index in [0.717, 1.165) is 44.9 Å². The number of ether oxygens (including phenoxy) is 1. The second-order valence-corrected chi connectivity index (χ2v) is 20.4. The number of hydrogen-bond acceptors (Lipinski definition) is 2. The molecule has 9 atom stereocenters. The van der Waals surface area contributed by atoms with Crippen LogP contribution < -0.4 is 0 Å². The van der Waals surface area contributed by atoms with Crippen LogP contribution in [0, 0.1) is 23.7 Å². The molecule has 1 fully saturated rings. The number of unbranched alkanes of at least 4 members (excludes halogenated alkanes) is 1. The average Bonchev–Trinajstić information content (AvgIpc) is 3.89. The monoisotopic (exact) mass is 718 g/mol. The Hall–Kier alpha value is -4.95. The van der Waals surface area contributed by atoms with E-state index in [4.69, 9.17) is 4.74 Å². The van der Waals surface area contributed by atoms with Crippen molar-refractivity contribution in [3.8, 4) is 0 Å². The summed E-state index contributed by atoms with van der Waals surface area (Å²) in [5.41, 5.74) is 30.6. The smallest absolute Gasteiger partial charge is 0.305 e. The van der Waals surface area contributed by atoms with Crippen LogP contribution in [0.3, 0.4) is 0 Å². The molecule has 1 saturated carbocycles. The molecule has 0 amide bonds. The summed E-state index contributed by atoms with van der Waals surface area (Å²) in [7, 11) is 0. The van der Waals surface area contributed by atoms with Gasteiger partial charge in [-0.15, -0.1) is 0 Å². The highest BCUT2D eigenvalue weighted by Crippen LogP contribution is 2.88. The minimum absolute atomic E-state index is 0.00611. The fraction of sp³-hybridized carbons (Fsp3) is 0.352. The summed E-state index contributed by atoms with van der Waals surface area (Å²) in [6, 6.07) is 11.8. The Labute approximate surface area is 324 Å². The first-order valence-electron chi connectivity index (χ1n) is 22.1. The lowest BCUT2D eigenvalue weighted by molar-refractivity contribution is -0.143. The summed E-state index contributed by atoms with van der Waals surface area (Å²) in [6.45, 7) is 2.72. The molecule has 0 aliphatic heterocycles. The Morgan fingerprint density at radius 3 is 1.82 bits per heavy atom. The van der Waals surface area contributed by atoms with Gasteiger partial charge in [0.2, 0.25) is 0 Å². The van der Waals surface area contributed by atoms with E-state index in [1.165, 1.54) is 5.56 Å². The van der Waals surface area contributed by atoms with Gasteiger partial charge in [0, 0.05) is 46.8 Å². The van der Waals surface area contributed by atoms with E-state index in [0.29, 0.717) is 54.5 Å². The zero-order chi connectivity index (χ0) is 35.6. The molecule has 2 heteroatoms. The molecule has 13 aliphatic carbocycles. The second kappa shape index (κ2) is 7.95. The molecule has 266 valence electrons. The number of carbonyl (C=O) groups is 1. The second-order valence-electron chi connectivity index (χ2n) is 20.4. The van der Waals surface area contributed by atoms with Crippen LogP contribution in [0.2, 0.25) is 0 Å². The molecule has 0 bridgehead atoms. The van der Waals surface area contributed by atoms with E-state index >= 15 is 0 Å². The van der Waals surface area contributed by atoms with Gasteiger partial charge in [0.05, 0.1) is 6.61 Å². The Bertz CT molecular complexity index is 3270. The number of fused-ring (bicyclic) bond motifs is 1. The zero-order valence-electron chi connectivity index (χ0n) is 31.5. The molecule has 5 aromatic rings. The number of hydrogen-bond donors (Lipinski definition) is 0. The van der Waals surface area contributed by atoms with Gasteiger partial charge in [-0.2, -0.15) is 0 Å². The molecular weight excluding hydrogens is 681 g/mol. The predicted molar refractivity (Wildman–Crippen MR) is 222 cm³/mol. The highest BCUT2D eigenvalue weighted by molar-refractivity contribution is 6.38. The van der Waals surface area contributed by atoms with Gasteiger partial charge in [0.15, 0.2) is 0 Å². The average molecular weight is 719 g/mol. The van der Waals surface area contributed by atoms with Crippen molar-refractivity contribution in [2.75, 3.05) is 6.61 Å². The molecule has 5 aromatic carbocycles. The van der Waals surface area contributed by atoms with E-state index in [1.807, 2.05) is 0 Å². The van der Waals surface area contributed by atoms with Crippen molar-refractivity contribution in [3.63, 3.8) is 0 Å². The van der Waals surface area contributed by atoms with Gasteiger partial charge in [0.25, 0.3) is 0 Å². The van der Waals surface area contributed by atoms with Crippen LogP contribution in [-0.4, -0.2) is 12.6 Å². The van der Waals surface area contributed by atoms with E-state index < -0.39 is 0 Å². The fourth-order valence-corrected chi connectivity index (χ4v) is 18.0. The van der Waals surface area contributed by atoms with Gasteiger partial charge >= 0.3 is 5.97 Å².